The van der Waals surface area contributed by atoms with Crippen LogP contribution in [-0.4, -0.2) is 35.4 Å². The molecule has 2 heterocycles. The Balaban J connectivity index is 1.62. The smallest absolute Gasteiger partial charge is 0.104 e. The van der Waals surface area contributed by atoms with E-state index >= 15 is 0 Å². The van der Waals surface area contributed by atoms with Crippen molar-refractivity contribution >= 4 is 11.0 Å². The van der Waals surface area contributed by atoms with E-state index in [0.29, 0.717) is 12.7 Å². The fourth-order valence-corrected chi connectivity index (χ4v) is 1.94. The van der Waals surface area contributed by atoms with Crippen molar-refractivity contribution < 1.29 is 9.47 Å². The number of H-pyrrole nitrogens is 1. The van der Waals surface area contributed by atoms with Crippen molar-refractivity contribution in [2.24, 2.45) is 0 Å². The largest absolute Gasteiger partial charge is 0.375 e. The van der Waals surface area contributed by atoms with Gasteiger partial charge in [-0.1, -0.05) is 6.07 Å². The van der Waals surface area contributed by atoms with Crippen LogP contribution < -0.4 is 0 Å². The van der Waals surface area contributed by atoms with E-state index in [-0.39, 0.29) is 6.10 Å². The summed E-state index contributed by atoms with van der Waals surface area (Å²) in [5.41, 5.74) is 3.36. The number of aromatic nitrogens is 2. The van der Waals surface area contributed by atoms with Gasteiger partial charge in [0.05, 0.1) is 36.7 Å². The Kier molecular flexibility index (Phi) is 2.82. The van der Waals surface area contributed by atoms with E-state index in [9.17, 15) is 0 Å². The zero-order valence-electron chi connectivity index (χ0n) is 9.85. The monoisotopic (exact) mass is 232 g/mol. The summed E-state index contributed by atoms with van der Waals surface area (Å²) in [4.78, 5) is 7.32. The molecular weight excluding hydrogens is 216 g/mol. The predicted octanol–water partition coefficient (Wildman–Crippen LogP) is 1.91. The van der Waals surface area contributed by atoms with E-state index in [1.165, 1.54) is 5.56 Å². The van der Waals surface area contributed by atoms with Crippen LogP contribution in [0.25, 0.3) is 11.0 Å². The van der Waals surface area contributed by atoms with Crippen molar-refractivity contribution in [3.05, 3.63) is 30.1 Å². The van der Waals surface area contributed by atoms with Gasteiger partial charge in [-0.15, -0.1) is 0 Å². The summed E-state index contributed by atoms with van der Waals surface area (Å²) >= 11 is 0. The minimum atomic E-state index is 0.222. The molecule has 1 aliphatic rings. The van der Waals surface area contributed by atoms with Crippen molar-refractivity contribution in [2.75, 3.05) is 13.2 Å². The molecule has 2 aromatic rings. The summed E-state index contributed by atoms with van der Waals surface area (Å²) in [6.07, 6.45) is 3.20. The van der Waals surface area contributed by atoms with Crippen molar-refractivity contribution in [1.29, 1.82) is 0 Å². The number of ether oxygens (including phenoxy) is 2. The molecule has 2 atom stereocenters. The molecule has 0 amide bonds. The molecular formula is C13H16N2O2. The number of epoxide rings is 1. The van der Waals surface area contributed by atoms with Crippen LogP contribution in [0.1, 0.15) is 12.5 Å². The summed E-state index contributed by atoms with van der Waals surface area (Å²) in [5.74, 6) is 0. The molecule has 0 spiro atoms. The predicted molar refractivity (Wildman–Crippen MR) is 65.0 cm³/mol. The maximum Gasteiger partial charge on any atom is 0.104 e. The third-order valence-electron chi connectivity index (χ3n) is 2.98. The van der Waals surface area contributed by atoms with E-state index in [2.05, 4.69) is 29.0 Å². The third kappa shape index (κ3) is 2.65. The summed E-state index contributed by atoms with van der Waals surface area (Å²) in [6, 6.07) is 6.28. The summed E-state index contributed by atoms with van der Waals surface area (Å²) in [7, 11) is 0. The highest BCUT2D eigenvalue weighted by molar-refractivity contribution is 5.75. The fraction of sp³-hybridized carbons (Fsp3) is 0.462. The zero-order chi connectivity index (χ0) is 11.7. The molecule has 0 saturated carbocycles. The van der Waals surface area contributed by atoms with Crippen LogP contribution in [0.4, 0.5) is 0 Å². The molecule has 4 nitrogen and oxygen atoms in total. The number of fused-ring (bicyclic) bond motifs is 1. The van der Waals surface area contributed by atoms with Gasteiger partial charge in [-0.3, -0.25) is 0 Å². The Hall–Kier alpha value is -1.39. The van der Waals surface area contributed by atoms with E-state index in [0.717, 1.165) is 24.1 Å². The zero-order valence-corrected chi connectivity index (χ0v) is 9.85. The number of hydrogen-bond donors (Lipinski definition) is 1. The number of rotatable bonds is 5. The van der Waals surface area contributed by atoms with Gasteiger partial charge in [0, 0.05) is 0 Å². The average Bonchev–Trinajstić information content (AvgIpc) is 3.04. The first kappa shape index (κ1) is 10.7. The lowest BCUT2D eigenvalue weighted by Crippen LogP contribution is -2.15. The lowest BCUT2D eigenvalue weighted by molar-refractivity contribution is 0.0548. The molecule has 1 aromatic heterocycles. The van der Waals surface area contributed by atoms with Crippen LogP contribution >= 0.6 is 0 Å². The summed E-state index contributed by atoms with van der Waals surface area (Å²) in [6.45, 7) is 3.67. The van der Waals surface area contributed by atoms with Gasteiger partial charge in [0.25, 0.3) is 0 Å². The van der Waals surface area contributed by atoms with Gasteiger partial charge in [-0.25, -0.2) is 4.98 Å². The molecule has 3 rings (SSSR count). The molecule has 2 unspecified atom stereocenters. The third-order valence-corrected chi connectivity index (χ3v) is 2.98. The highest BCUT2D eigenvalue weighted by Gasteiger charge is 2.23. The van der Waals surface area contributed by atoms with Gasteiger partial charge in [-0.2, -0.15) is 0 Å². The molecule has 1 saturated heterocycles. The van der Waals surface area contributed by atoms with Crippen molar-refractivity contribution in [3.8, 4) is 0 Å². The molecule has 90 valence electrons. The van der Waals surface area contributed by atoms with Crippen molar-refractivity contribution in [2.45, 2.75) is 25.6 Å². The number of imidazole rings is 1. The van der Waals surface area contributed by atoms with Gasteiger partial charge in [0.1, 0.15) is 6.10 Å². The van der Waals surface area contributed by atoms with Gasteiger partial charge in [0.2, 0.25) is 0 Å². The van der Waals surface area contributed by atoms with Crippen LogP contribution in [0.3, 0.4) is 0 Å². The lowest BCUT2D eigenvalue weighted by atomic mass is 10.1. The lowest BCUT2D eigenvalue weighted by Gasteiger charge is -2.12. The van der Waals surface area contributed by atoms with E-state index in [1.54, 1.807) is 6.33 Å². The molecule has 1 N–H and O–H groups in total. The van der Waals surface area contributed by atoms with Crippen LogP contribution in [0, 0.1) is 0 Å². The minimum absolute atomic E-state index is 0.222. The minimum Gasteiger partial charge on any atom is -0.375 e. The second-order valence-electron chi connectivity index (χ2n) is 4.56. The Labute approximate surface area is 100.0 Å². The number of benzene rings is 1. The standard InChI is InChI=1S/C13H16N2O2/c1-9(16-6-11-7-17-11)4-10-2-3-12-13(5-10)15-8-14-12/h2-3,5,8-9,11H,4,6-7H2,1H3,(H,14,15). The SMILES string of the molecule is CC(Cc1ccc2nc[nH]c2c1)OCC1CO1. The number of aromatic amines is 1. The second-order valence-corrected chi connectivity index (χ2v) is 4.56. The molecule has 1 aliphatic heterocycles. The highest BCUT2D eigenvalue weighted by atomic mass is 16.6. The van der Waals surface area contributed by atoms with Gasteiger partial charge in [-0.05, 0) is 31.0 Å². The first-order chi connectivity index (χ1) is 8.31. The Bertz CT molecular complexity index is 505. The first-order valence-corrected chi connectivity index (χ1v) is 5.96. The van der Waals surface area contributed by atoms with Gasteiger partial charge >= 0.3 is 0 Å². The Morgan fingerprint density at radius 1 is 1.59 bits per heavy atom. The highest BCUT2D eigenvalue weighted by Crippen LogP contribution is 2.15. The number of nitrogens with one attached hydrogen (secondary N) is 1. The van der Waals surface area contributed by atoms with Gasteiger partial charge < -0.3 is 14.5 Å². The normalized spacial score (nSPS) is 20.6. The average molecular weight is 232 g/mol. The number of hydrogen-bond acceptors (Lipinski definition) is 3. The summed E-state index contributed by atoms with van der Waals surface area (Å²) in [5, 5.41) is 0. The molecule has 17 heavy (non-hydrogen) atoms. The molecule has 0 radical (unpaired) electrons. The quantitative estimate of drug-likeness (QED) is 0.801. The van der Waals surface area contributed by atoms with Crippen LogP contribution in [0.15, 0.2) is 24.5 Å². The molecule has 1 aromatic carbocycles. The van der Waals surface area contributed by atoms with Gasteiger partial charge in [0.15, 0.2) is 0 Å². The van der Waals surface area contributed by atoms with E-state index in [1.807, 2.05) is 6.07 Å². The number of nitrogens with zero attached hydrogens (tertiary/aromatic N) is 1. The second kappa shape index (κ2) is 4.47. The van der Waals surface area contributed by atoms with Crippen LogP contribution in [-0.2, 0) is 15.9 Å². The molecule has 4 heteroatoms. The molecule has 1 fully saturated rings. The van der Waals surface area contributed by atoms with Crippen molar-refractivity contribution in [1.82, 2.24) is 9.97 Å². The first-order valence-electron chi connectivity index (χ1n) is 5.96. The molecule has 0 bridgehead atoms. The van der Waals surface area contributed by atoms with Crippen molar-refractivity contribution in [3.63, 3.8) is 0 Å². The maximum absolute atomic E-state index is 5.71. The van der Waals surface area contributed by atoms with E-state index in [4.69, 9.17) is 9.47 Å². The summed E-state index contributed by atoms with van der Waals surface area (Å²) < 4.78 is 10.8. The van der Waals surface area contributed by atoms with E-state index < -0.39 is 0 Å². The van der Waals surface area contributed by atoms with Crippen LogP contribution in [0.2, 0.25) is 0 Å². The fourth-order valence-electron chi connectivity index (χ4n) is 1.94. The van der Waals surface area contributed by atoms with Crippen LogP contribution in [0.5, 0.6) is 0 Å². The maximum atomic E-state index is 5.71. The Morgan fingerprint density at radius 2 is 2.47 bits per heavy atom. The topological polar surface area (TPSA) is 50.4 Å². The Morgan fingerprint density at radius 3 is 3.29 bits per heavy atom. The molecule has 0 aliphatic carbocycles.